The molecule has 1 rings (SSSR count). The third kappa shape index (κ3) is 4.15. The zero-order chi connectivity index (χ0) is 12.7. The summed E-state index contributed by atoms with van der Waals surface area (Å²) in [5.41, 5.74) is 1.19. The van der Waals surface area contributed by atoms with Gasteiger partial charge in [0.15, 0.2) is 0 Å². The lowest BCUT2D eigenvalue weighted by Crippen LogP contribution is -2.32. The summed E-state index contributed by atoms with van der Waals surface area (Å²) < 4.78 is 0. The number of benzene rings is 1. The quantitative estimate of drug-likeness (QED) is 0.866. The summed E-state index contributed by atoms with van der Waals surface area (Å²) in [5.74, 6) is 0. The number of carbonyl (C=O) groups excluding carboxylic acids is 1. The molecule has 17 heavy (non-hydrogen) atoms. The Hall–Kier alpha value is -2.02. The average molecular weight is 231 g/mol. The third-order valence-corrected chi connectivity index (χ3v) is 2.44. The Morgan fingerprint density at radius 3 is 2.94 bits per heavy atom. The fourth-order valence-corrected chi connectivity index (χ4v) is 1.38. The van der Waals surface area contributed by atoms with Crippen LogP contribution in [0, 0.1) is 11.3 Å². The first kappa shape index (κ1) is 13.0. The molecule has 1 aromatic carbocycles. The van der Waals surface area contributed by atoms with Gasteiger partial charge < -0.3 is 10.2 Å². The van der Waals surface area contributed by atoms with Crippen LogP contribution in [0.4, 0.5) is 10.5 Å². The van der Waals surface area contributed by atoms with E-state index >= 15 is 0 Å². The van der Waals surface area contributed by atoms with Crippen LogP contribution >= 0.6 is 0 Å². The minimum atomic E-state index is -0.145. The summed E-state index contributed by atoms with van der Waals surface area (Å²) in [6.45, 7) is 2.82. The monoisotopic (exact) mass is 231 g/mol. The predicted octanol–water partition coefficient (Wildman–Crippen LogP) is 2.82. The largest absolute Gasteiger partial charge is 0.328 e. The second-order valence-corrected chi connectivity index (χ2v) is 3.90. The Bertz CT molecular complexity index is 423. The van der Waals surface area contributed by atoms with E-state index in [0.29, 0.717) is 11.3 Å². The van der Waals surface area contributed by atoms with Crippen molar-refractivity contribution in [1.29, 1.82) is 5.26 Å². The van der Waals surface area contributed by atoms with Crippen molar-refractivity contribution >= 4 is 11.7 Å². The summed E-state index contributed by atoms with van der Waals surface area (Å²) in [5, 5.41) is 11.5. The molecule has 4 heteroatoms. The maximum Gasteiger partial charge on any atom is 0.321 e. The summed E-state index contributed by atoms with van der Waals surface area (Å²) >= 11 is 0. The maximum atomic E-state index is 11.7. The van der Waals surface area contributed by atoms with Gasteiger partial charge in [0.25, 0.3) is 0 Å². The molecule has 0 aliphatic carbocycles. The highest BCUT2D eigenvalue weighted by molar-refractivity contribution is 5.89. The topological polar surface area (TPSA) is 56.1 Å². The van der Waals surface area contributed by atoms with Gasteiger partial charge in [0, 0.05) is 19.3 Å². The highest BCUT2D eigenvalue weighted by Gasteiger charge is 2.07. The van der Waals surface area contributed by atoms with Crippen LogP contribution in [0.3, 0.4) is 0 Å². The van der Waals surface area contributed by atoms with Gasteiger partial charge in [0.1, 0.15) is 0 Å². The fourth-order valence-electron chi connectivity index (χ4n) is 1.38. The molecule has 0 unspecified atom stereocenters. The molecule has 0 aliphatic heterocycles. The molecule has 0 heterocycles. The summed E-state index contributed by atoms with van der Waals surface area (Å²) in [6, 6.07) is 8.78. The molecule has 0 saturated heterocycles. The molecule has 0 atom stereocenters. The number of hydrogen-bond donors (Lipinski definition) is 1. The molecule has 0 spiro atoms. The number of nitrogens with zero attached hydrogens (tertiary/aromatic N) is 2. The zero-order valence-corrected chi connectivity index (χ0v) is 10.2. The molecule has 0 saturated carbocycles. The number of nitriles is 1. The van der Waals surface area contributed by atoms with E-state index in [4.69, 9.17) is 5.26 Å². The summed E-state index contributed by atoms with van der Waals surface area (Å²) in [6.07, 6.45) is 2.05. The van der Waals surface area contributed by atoms with Crippen molar-refractivity contribution in [2.75, 3.05) is 18.9 Å². The molecular formula is C13H17N3O. The molecule has 0 fully saturated rings. The number of carbonyl (C=O) groups is 1. The second kappa shape index (κ2) is 6.54. The van der Waals surface area contributed by atoms with Crippen molar-refractivity contribution in [3.8, 4) is 6.07 Å². The van der Waals surface area contributed by atoms with Crippen LogP contribution in [0.25, 0.3) is 0 Å². The first-order valence-corrected chi connectivity index (χ1v) is 5.69. The van der Waals surface area contributed by atoms with E-state index < -0.39 is 0 Å². The molecule has 0 aromatic heterocycles. The molecule has 2 amide bonds. The molecule has 90 valence electrons. The predicted molar refractivity (Wildman–Crippen MR) is 67.7 cm³/mol. The molecule has 0 radical (unpaired) electrons. The van der Waals surface area contributed by atoms with Crippen LogP contribution in [0.15, 0.2) is 24.3 Å². The fraction of sp³-hybridized carbons (Fsp3) is 0.385. The average Bonchev–Trinajstić information content (AvgIpc) is 2.36. The van der Waals surface area contributed by atoms with Crippen molar-refractivity contribution < 1.29 is 4.79 Å². The van der Waals surface area contributed by atoms with Gasteiger partial charge in [-0.05, 0) is 24.6 Å². The standard InChI is InChI=1S/C13H17N3O/c1-3-4-8-16(2)13(17)15-12-7-5-6-11(9-12)10-14/h5-7,9H,3-4,8H2,1-2H3,(H,15,17). The molecule has 1 aromatic rings. The number of amides is 2. The number of unbranched alkanes of at least 4 members (excludes halogenated alkanes) is 1. The van der Waals surface area contributed by atoms with Gasteiger partial charge in [-0.15, -0.1) is 0 Å². The van der Waals surface area contributed by atoms with Gasteiger partial charge in [0.05, 0.1) is 11.6 Å². The molecular weight excluding hydrogens is 214 g/mol. The van der Waals surface area contributed by atoms with E-state index in [-0.39, 0.29) is 6.03 Å². The van der Waals surface area contributed by atoms with Gasteiger partial charge in [-0.3, -0.25) is 0 Å². The smallest absolute Gasteiger partial charge is 0.321 e. The van der Waals surface area contributed by atoms with E-state index in [1.54, 1.807) is 36.2 Å². The minimum Gasteiger partial charge on any atom is -0.328 e. The van der Waals surface area contributed by atoms with Crippen molar-refractivity contribution in [1.82, 2.24) is 4.90 Å². The number of nitrogens with one attached hydrogen (secondary N) is 1. The van der Waals surface area contributed by atoms with E-state index in [1.807, 2.05) is 6.07 Å². The normalized spacial score (nSPS) is 9.47. The SMILES string of the molecule is CCCCN(C)C(=O)Nc1cccc(C#N)c1. The van der Waals surface area contributed by atoms with E-state index in [2.05, 4.69) is 12.2 Å². The number of hydrogen-bond acceptors (Lipinski definition) is 2. The molecule has 0 aliphatic rings. The summed E-state index contributed by atoms with van der Waals surface area (Å²) in [7, 11) is 1.76. The third-order valence-electron chi connectivity index (χ3n) is 2.44. The van der Waals surface area contributed by atoms with Gasteiger partial charge in [-0.2, -0.15) is 5.26 Å². The summed E-state index contributed by atoms with van der Waals surface area (Å²) in [4.78, 5) is 13.4. The van der Waals surface area contributed by atoms with Crippen molar-refractivity contribution in [3.05, 3.63) is 29.8 Å². The minimum absolute atomic E-state index is 0.145. The first-order chi connectivity index (χ1) is 8.17. The van der Waals surface area contributed by atoms with Gasteiger partial charge in [-0.25, -0.2) is 4.79 Å². The van der Waals surface area contributed by atoms with Crippen LogP contribution in [-0.4, -0.2) is 24.5 Å². The number of urea groups is 1. The number of anilines is 1. The Balaban J connectivity index is 2.58. The van der Waals surface area contributed by atoms with Crippen LogP contribution in [-0.2, 0) is 0 Å². The van der Waals surface area contributed by atoms with Crippen LogP contribution in [0.5, 0.6) is 0 Å². The molecule has 1 N–H and O–H groups in total. The lowest BCUT2D eigenvalue weighted by Gasteiger charge is -2.17. The molecule has 0 bridgehead atoms. The van der Waals surface area contributed by atoms with Gasteiger partial charge >= 0.3 is 6.03 Å². The Labute approximate surface area is 102 Å². The Kier molecular flexibility index (Phi) is 5.02. The highest BCUT2D eigenvalue weighted by atomic mass is 16.2. The van der Waals surface area contributed by atoms with Crippen molar-refractivity contribution in [2.45, 2.75) is 19.8 Å². The lowest BCUT2D eigenvalue weighted by molar-refractivity contribution is 0.222. The van der Waals surface area contributed by atoms with Crippen molar-refractivity contribution in [2.24, 2.45) is 0 Å². The highest BCUT2D eigenvalue weighted by Crippen LogP contribution is 2.10. The second-order valence-electron chi connectivity index (χ2n) is 3.90. The van der Waals surface area contributed by atoms with Crippen LogP contribution < -0.4 is 5.32 Å². The first-order valence-electron chi connectivity index (χ1n) is 5.69. The molecule has 4 nitrogen and oxygen atoms in total. The van der Waals surface area contributed by atoms with Gasteiger partial charge in [0.2, 0.25) is 0 Å². The van der Waals surface area contributed by atoms with E-state index in [9.17, 15) is 4.79 Å². The number of rotatable bonds is 4. The lowest BCUT2D eigenvalue weighted by atomic mass is 10.2. The van der Waals surface area contributed by atoms with E-state index in [0.717, 1.165) is 19.4 Å². The Morgan fingerprint density at radius 1 is 1.53 bits per heavy atom. The zero-order valence-electron chi connectivity index (χ0n) is 10.2. The maximum absolute atomic E-state index is 11.7. The van der Waals surface area contributed by atoms with Crippen molar-refractivity contribution in [3.63, 3.8) is 0 Å². The van der Waals surface area contributed by atoms with Crippen LogP contribution in [0.2, 0.25) is 0 Å². The van der Waals surface area contributed by atoms with Gasteiger partial charge in [-0.1, -0.05) is 19.4 Å². The van der Waals surface area contributed by atoms with E-state index in [1.165, 1.54) is 0 Å². The Morgan fingerprint density at radius 2 is 2.29 bits per heavy atom. The van der Waals surface area contributed by atoms with Crippen LogP contribution in [0.1, 0.15) is 25.3 Å².